The summed E-state index contributed by atoms with van der Waals surface area (Å²) >= 11 is 11.9. The van der Waals surface area contributed by atoms with Crippen LogP contribution < -0.4 is 16.2 Å². The van der Waals surface area contributed by atoms with Crippen LogP contribution in [-0.4, -0.2) is 63.9 Å². The number of nitrogen functional groups attached to an aromatic ring is 2. The van der Waals surface area contributed by atoms with Crippen LogP contribution in [0.4, 0.5) is 15.8 Å². The molecule has 6 rings (SSSR count). The van der Waals surface area contributed by atoms with Gasteiger partial charge < -0.3 is 25.7 Å². The number of rotatable bonds is 5. The summed E-state index contributed by atoms with van der Waals surface area (Å²) in [7, 11) is 3.89. The molecule has 0 aliphatic heterocycles. The number of nitrogens with zero attached hydrogens (tertiary/aromatic N) is 6. The van der Waals surface area contributed by atoms with Crippen LogP contribution in [0.15, 0.2) is 45.7 Å². The van der Waals surface area contributed by atoms with Crippen LogP contribution in [0.25, 0.3) is 44.6 Å². The number of carbonyl (C=O) groups excluding carboxylic acids is 2. The zero-order chi connectivity index (χ0) is 32.4. The number of methoxy groups -OCH3 is 3. The predicted molar refractivity (Wildman–Crippen MR) is 158 cm³/mol. The van der Waals surface area contributed by atoms with E-state index in [9.17, 15) is 14.0 Å². The van der Waals surface area contributed by atoms with E-state index in [2.05, 4.69) is 44.7 Å². The van der Waals surface area contributed by atoms with Gasteiger partial charge >= 0.3 is 11.9 Å². The number of ether oxygens (including phenoxy) is 3. The summed E-state index contributed by atoms with van der Waals surface area (Å²) < 4.78 is 38.2. The highest BCUT2D eigenvalue weighted by Gasteiger charge is 2.22. The fraction of sp³-hybridized carbons (Fsp3) is 0.111. The van der Waals surface area contributed by atoms with Crippen molar-refractivity contribution in [3.63, 3.8) is 0 Å². The molecule has 18 heteroatoms. The molecule has 0 fully saturated rings. The second-order valence-electron chi connectivity index (χ2n) is 8.84. The molecule has 0 saturated carbocycles. The number of hydrogen-bond donors (Lipinski definition) is 2. The lowest BCUT2D eigenvalue weighted by atomic mass is 10.1. The molecule has 230 valence electrons. The molecule has 4 N–H and O–H groups in total. The average molecular weight is 657 g/mol. The second-order valence-corrected chi connectivity index (χ2v) is 9.60. The van der Waals surface area contributed by atoms with Crippen molar-refractivity contribution in [1.29, 1.82) is 0 Å². The van der Waals surface area contributed by atoms with E-state index < -0.39 is 17.8 Å². The lowest BCUT2D eigenvalue weighted by molar-refractivity contribution is 0.0585. The maximum atomic E-state index is 14.4. The van der Waals surface area contributed by atoms with Gasteiger partial charge in [-0.2, -0.15) is 0 Å². The fourth-order valence-corrected chi connectivity index (χ4v) is 4.44. The van der Waals surface area contributed by atoms with Crippen molar-refractivity contribution in [1.82, 2.24) is 30.6 Å². The minimum atomic E-state index is -0.775. The zero-order valence-electron chi connectivity index (χ0n) is 23.3. The number of hydrogen-bond acceptors (Lipinski definition) is 15. The molecule has 0 saturated heterocycles. The molecule has 0 atom stereocenters. The number of halogens is 3. The number of nitrogens with two attached hydrogens (primary N) is 2. The summed E-state index contributed by atoms with van der Waals surface area (Å²) in [5.74, 6) is -1.76. The monoisotopic (exact) mass is 656 g/mol. The standard InChI is InChI=1S/C14H11ClN4O4.C13H8ClFN4O3/c1-21-13-6(3-4-8-11(13)19-23-18-8)9-5-7(16)10(15)12(17-9)14(20)22-2;1-21-13(20)12-9(14)6(16)4-8(17-12)5-2-3-7-11(10(5)15)19-22-18-7/h3-5H,1-2H3,(H2,16,17);2-4H,1H3,(H2,16,17). The lowest BCUT2D eigenvalue weighted by Crippen LogP contribution is -2.08. The van der Waals surface area contributed by atoms with Crippen LogP contribution >= 0.6 is 23.2 Å². The van der Waals surface area contributed by atoms with Gasteiger partial charge in [-0.15, -0.1) is 0 Å². The lowest BCUT2D eigenvalue weighted by Gasteiger charge is -2.11. The maximum Gasteiger partial charge on any atom is 0.358 e. The normalized spacial score (nSPS) is 10.8. The summed E-state index contributed by atoms with van der Waals surface area (Å²) in [5, 5.41) is 14.5. The summed E-state index contributed by atoms with van der Waals surface area (Å²) in [6.45, 7) is 0. The SMILES string of the molecule is COC(=O)c1nc(-c2ccc3nonc3c2F)cc(N)c1Cl.COC(=O)c1nc(-c2ccc3nonc3c2OC)cc(N)c1Cl. The first-order valence-electron chi connectivity index (χ1n) is 12.4. The zero-order valence-corrected chi connectivity index (χ0v) is 24.8. The van der Waals surface area contributed by atoms with Crippen LogP contribution in [-0.2, 0) is 9.47 Å². The van der Waals surface area contributed by atoms with Crippen molar-refractivity contribution < 1.29 is 37.4 Å². The number of aromatic nitrogens is 6. The smallest absolute Gasteiger partial charge is 0.358 e. The van der Waals surface area contributed by atoms with Crippen molar-refractivity contribution in [3.05, 3.63) is 63.6 Å². The second kappa shape index (κ2) is 12.6. The van der Waals surface area contributed by atoms with Crippen molar-refractivity contribution in [2.24, 2.45) is 0 Å². The van der Waals surface area contributed by atoms with Crippen molar-refractivity contribution in [2.75, 3.05) is 32.8 Å². The molecule has 0 spiro atoms. The van der Waals surface area contributed by atoms with E-state index in [0.717, 1.165) is 0 Å². The first-order valence-corrected chi connectivity index (χ1v) is 13.1. The molecule has 4 aromatic heterocycles. The van der Waals surface area contributed by atoms with Gasteiger partial charge in [0.1, 0.15) is 11.0 Å². The molecule has 15 nitrogen and oxygen atoms in total. The number of esters is 2. The number of pyridine rings is 2. The Morgan fingerprint density at radius 2 is 1.20 bits per heavy atom. The van der Waals surface area contributed by atoms with E-state index in [-0.39, 0.29) is 55.1 Å². The highest BCUT2D eigenvalue weighted by atomic mass is 35.5. The van der Waals surface area contributed by atoms with Gasteiger partial charge in [0.05, 0.1) is 54.1 Å². The Bertz CT molecular complexity index is 2100. The van der Waals surface area contributed by atoms with Crippen LogP contribution in [0.2, 0.25) is 10.0 Å². The van der Waals surface area contributed by atoms with Gasteiger partial charge in [0, 0.05) is 11.1 Å². The summed E-state index contributed by atoms with van der Waals surface area (Å²) in [5.41, 5.74) is 13.9. The third kappa shape index (κ3) is 5.71. The van der Waals surface area contributed by atoms with Gasteiger partial charge in [-0.3, -0.25) is 0 Å². The van der Waals surface area contributed by atoms with Gasteiger partial charge in [-0.25, -0.2) is 33.2 Å². The van der Waals surface area contributed by atoms with Crippen LogP contribution in [0, 0.1) is 5.82 Å². The number of benzene rings is 2. The van der Waals surface area contributed by atoms with Gasteiger partial charge in [0.15, 0.2) is 34.0 Å². The molecule has 0 aliphatic rings. The first-order chi connectivity index (χ1) is 21.6. The average Bonchev–Trinajstić information content (AvgIpc) is 3.73. The summed E-state index contributed by atoms with van der Waals surface area (Å²) in [4.78, 5) is 31.7. The fourth-order valence-electron chi connectivity index (χ4n) is 4.09. The molecular weight excluding hydrogens is 638 g/mol. The van der Waals surface area contributed by atoms with E-state index in [1.807, 2.05) is 0 Å². The first kappa shape index (κ1) is 30.8. The quantitative estimate of drug-likeness (QED) is 0.239. The molecule has 0 amide bonds. The molecule has 45 heavy (non-hydrogen) atoms. The number of anilines is 2. The molecule has 0 radical (unpaired) electrons. The highest BCUT2D eigenvalue weighted by Crippen LogP contribution is 2.37. The van der Waals surface area contributed by atoms with Crippen molar-refractivity contribution in [2.45, 2.75) is 0 Å². The largest absolute Gasteiger partial charge is 0.494 e. The van der Waals surface area contributed by atoms with Gasteiger partial charge in [-0.05, 0) is 57.0 Å². The van der Waals surface area contributed by atoms with Gasteiger partial charge in [-0.1, -0.05) is 23.2 Å². The number of fused-ring (bicyclic) bond motifs is 2. The predicted octanol–water partition coefficient (Wildman–Crippen LogP) is 4.76. The molecular formula is C27H19Cl2FN8O7. The van der Waals surface area contributed by atoms with E-state index in [1.165, 1.54) is 45.6 Å². The van der Waals surface area contributed by atoms with Gasteiger partial charge in [0.2, 0.25) is 0 Å². The van der Waals surface area contributed by atoms with Crippen LogP contribution in [0.1, 0.15) is 21.0 Å². The van der Waals surface area contributed by atoms with Crippen LogP contribution in [0.5, 0.6) is 5.75 Å². The Labute approximate surface area is 261 Å². The Morgan fingerprint density at radius 3 is 1.71 bits per heavy atom. The third-order valence-corrected chi connectivity index (χ3v) is 7.03. The van der Waals surface area contributed by atoms with E-state index >= 15 is 0 Å². The molecule has 6 aromatic rings. The third-order valence-electron chi connectivity index (χ3n) is 6.23. The molecule has 4 heterocycles. The topological polar surface area (TPSA) is 217 Å². The minimum absolute atomic E-state index is 0.0312. The maximum absolute atomic E-state index is 14.4. The minimum Gasteiger partial charge on any atom is -0.494 e. The Balaban J connectivity index is 0.000000178. The Hall–Kier alpha value is -5.61. The van der Waals surface area contributed by atoms with E-state index in [1.54, 1.807) is 12.1 Å². The Kier molecular flexibility index (Phi) is 8.60. The molecule has 0 bridgehead atoms. The van der Waals surface area contributed by atoms with E-state index in [0.29, 0.717) is 28.0 Å². The van der Waals surface area contributed by atoms with Crippen molar-refractivity contribution >= 4 is 68.6 Å². The summed E-state index contributed by atoms with van der Waals surface area (Å²) in [6, 6.07) is 9.22. The Morgan fingerprint density at radius 1 is 0.733 bits per heavy atom. The van der Waals surface area contributed by atoms with E-state index in [4.69, 9.17) is 44.0 Å². The van der Waals surface area contributed by atoms with Gasteiger partial charge in [0.25, 0.3) is 0 Å². The highest BCUT2D eigenvalue weighted by molar-refractivity contribution is 6.36. The van der Waals surface area contributed by atoms with Crippen LogP contribution in [0.3, 0.4) is 0 Å². The molecule has 2 aromatic carbocycles. The van der Waals surface area contributed by atoms with Crippen molar-refractivity contribution in [3.8, 4) is 28.3 Å². The molecule has 0 unspecified atom stereocenters. The number of carbonyl (C=O) groups is 2. The molecule has 0 aliphatic carbocycles. The summed E-state index contributed by atoms with van der Waals surface area (Å²) in [6.07, 6.45) is 0.